The molecule has 6 nitrogen and oxygen atoms in total. The molecule has 0 aliphatic carbocycles. The van der Waals surface area contributed by atoms with E-state index in [-0.39, 0.29) is 6.10 Å². The van der Waals surface area contributed by atoms with Crippen LogP contribution in [0.3, 0.4) is 0 Å². The fraction of sp³-hybridized carbons (Fsp3) is 0.208. The molecule has 1 saturated heterocycles. The largest absolute Gasteiger partial charge is 0.465 e. The molecule has 0 spiro atoms. The van der Waals surface area contributed by atoms with Gasteiger partial charge in [-0.2, -0.15) is 0 Å². The first-order chi connectivity index (χ1) is 14.6. The van der Waals surface area contributed by atoms with Crippen LogP contribution >= 0.6 is 0 Å². The Morgan fingerprint density at radius 2 is 1.97 bits per heavy atom. The van der Waals surface area contributed by atoms with Crippen LogP contribution in [0.15, 0.2) is 60.9 Å². The number of carbonyl (C=O) groups excluding carboxylic acids is 1. The van der Waals surface area contributed by atoms with E-state index in [2.05, 4.69) is 16.8 Å². The topological polar surface area (TPSA) is 75.5 Å². The van der Waals surface area contributed by atoms with E-state index in [1.54, 1.807) is 24.5 Å². The van der Waals surface area contributed by atoms with Crippen LogP contribution in [0.1, 0.15) is 27.9 Å². The fourth-order valence-corrected chi connectivity index (χ4v) is 3.32. The number of aromatic nitrogens is 2. The average molecular weight is 399 g/mol. The van der Waals surface area contributed by atoms with Gasteiger partial charge in [-0.25, -0.2) is 9.78 Å². The number of hydrogen-bond acceptors (Lipinski definition) is 6. The lowest BCUT2D eigenvalue weighted by Crippen LogP contribution is -2.23. The zero-order valence-corrected chi connectivity index (χ0v) is 16.6. The van der Waals surface area contributed by atoms with Gasteiger partial charge in [-0.1, -0.05) is 24.0 Å². The van der Waals surface area contributed by atoms with Gasteiger partial charge >= 0.3 is 5.97 Å². The molecule has 1 atom stereocenters. The van der Waals surface area contributed by atoms with Gasteiger partial charge in [-0.15, -0.1) is 0 Å². The van der Waals surface area contributed by atoms with E-state index in [9.17, 15) is 9.90 Å². The van der Waals surface area contributed by atoms with Crippen molar-refractivity contribution >= 4 is 11.8 Å². The minimum absolute atomic E-state index is 0.380. The average Bonchev–Trinajstić information content (AvgIpc) is 3.24. The normalized spacial score (nSPS) is 15.4. The number of aliphatic hydroxyl groups excluding tert-OH is 1. The molecule has 4 rings (SSSR count). The van der Waals surface area contributed by atoms with Crippen molar-refractivity contribution in [1.29, 1.82) is 0 Å². The molecule has 3 aromatic rings. The number of methoxy groups -OCH3 is 1. The summed E-state index contributed by atoms with van der Waals surface area (Å²) < 4.78 is 4.90. The van der Waals surface area contributed by atoms with E-state index in [4.69, 9.17) is 9.72 Å². The molecule has 6 heteroatoms. The summed E-state index contributed by atoms with van der Waals surface area (Å²) in [6.07, 6.45) is 3.74. The van der Waals surface area contributed by atoms with Crippen LogP contribution in [-0.2, 0) is 4.74 Å². The van der Waals surface area contributed by atoms with E-state index in [0.29, 0.717) is 36.6 Å². The number of esters is 1. The molecule has 2 aromatic heterocycles. The van der Waals surface area contributed by atoms with Gasteiger partial charge in [-0.3, -0.25) is 4.98 Å². The summed E-state index contributed by atoms with van der Waals surface area (Å²) in [4.78, 5) is 22.9. The summed E-state index contributed by atoms with van der Waals surface area (Å²) in [6.45, 7) is 1.20. The molecule has 1 aliphatic heterocycles. The van der Waals surface area contributed by atoms with E-state index < -0.39 is 5.97 Å². The molecule has 1 fully saturated rings. The number of hydrogen-bond donors (Lipinski definition) is 1. The van der Waals surface area contributed by atoms with E-state index >= 15 is 0 Å². The number of anilines is 1. The Morgan fingerprint density at radius 1 is 1.17 bits per heavy atom. The maximum atomic E-state index is 12.2. The number of benzene rings is 1. The Bertz CT molecular complexity index is 1100. The van der Waals surface area contributed by atoms with Gasteiger partial charge in [-0.05, 0) is 42.8 Å². The van der Waals surface area contributed by atoms with Gasteiger partial charge < -0.3 is 14.7 Å². The Kier molecular flexibility index (Phi) is 5.73. The SMILES string of the molecule is COC(=O)c1cc(-c2ccc(C#Cc3cccnc3)cc2)nc(N2CCC(O)C2)c1. The van der Waals surface area contributed by atoms with Crippen LogP contribution in [0.4, 0.5) is 5.82 Å². The summed E-state index contributed by atoms with van der Waals surface area (Å²) in [5, 5.41) is 9.86. The molecule has 30 heavy (non-hydrogen) atoms. The number of ether oxygens (including phenoxy) is 1. The molecule has 150 valence electrons. The Hall–Kier alpha value is -3.69. The summed E-state index contributed by atoms with van der Waals surface area (Å²) in [6, 6.07) is 14.9. The summed E-state index contributed by atoms with van der Waals surface area (Å²) in [5.74, 6) is 6.44. The smallest absolute Gasteiger partial charge is 0.338 e. The van der Waals surface area contributed by atoms with Crippen LogP contribution in [0.2, 0.25) is 0 Å². The number of β-amino-alcohol motifs (C(OH)–C–C–N with tert-alkyl or cyclic N) is 1. The molecule has 0 bridgehead atoms. The zero-order chi connectivity index (χ0) is 20.9. The lowest BCUT2D eigenvalue weighted by molar-refractivity contribution is 0.0600. The molecule has 1 aliphatic rings. The first-order valence-corrected chi connectivity index (χ1v) is 9.68. The first kappa shape index (κ1) is 19.6. The highest BCUT2D eigenvalue weighted by Crippen LogP contribution is 2.26. The number of nitrogens with zero attached hydrogens (tertiary/aromatic N) is 3. The predicted molar refractivity (Wildman–Crippen MR) is 114 cm³/mol. The quantitative estimate of drug-likeness (QED) is 0.539. The molecule has 1 N–H and O–H groups in total. The third-order valence-electron chi connectivity index (χ3n) is 4.91. The summed E-state index contributed by atoms with van der Waals surface area (Å²) >= 11 is 0. The Morgan fingerprint density at radius 3 is 2.63 bits per heavy atom. The van der Waals surface area contributed by atoms with Crippen LogP contribution < -0.4 is 4.90 Å². The molecule has 0 amide bonds. The van der Waals surface area contributed by atoms with Crippen molar-refractivity contribution in [3.05, 3.63) is 77.6 Å². The van der Waals surface area contributed by atoms with Crippen molar-refractivity contribution in [3.63, 3.8) is 0 Å². The minimum Gasteiger partial charge on any atom is -0.465 e. The Balaban J connectivity index is 1.64. The van der Waals surface area contributed by atoms with Crippen molar-refractivity contribution in [1.82, 2.24) is 9.97 Å². The van der Waals surface area contributed by atoms with Crippen molar-refractivity contribution < 1.29 is 14.6 Å². The van der Waals surface area contributed by atoms with Gasteiger partial charge in [0.05, 0.1) is 24.5 Å². The second-order valence-corrected chi connectivity index (χ2v) is 7.05. The van der Waals surface area contributed by atoms with Crippen LogP contribution in [0, 0.1) is 11.8 Å². The maximum absolute atomic E-state index is 12.2. The van der Waals surface area contributed by atoms with Gasteiger partial charge in [0.2, 0.25) is 0 Å². The third-order valence-corrected chi connectivity index (χ3v) is 4.91. The van der Waals surface area contributed by atoms with Crippen molar-refractivity contribution in [2.75, 3.05) is 25.1 Å². The van der Waals surface area contributed by atoms with Gasteiger partial charge in [0, 0.05) is 42.2 Å². The van der Waals surface area contributed by atoms with E-state index in [1.807, 2.05) is 41.3 Å². The van der Waals surface area contributed by atoms with Gasteiger partial charge in [0.15, 0.2) is 0 Å². The van der Waals surface area contributed by atoms with Crippen molar-refractivity contribution in [3.8, 4) is 23.1 Å². The predicted octanol–water partition coefficient (Wildman–Crippen LogP) is 2.90. The summed E-state index contributed by atoms with van der Waals surface area (Å²) in [7, 11) is 1.36. The van der Waals surface area contributed by atoms with Gasteiger partial charge in [0.25, 0.3) is 0 Å². The van der Waals surface area contributed by atoms with Crippen molar-refractivity contribution in [2.45, 2.75) is 12.5 Å². The minimum atomic E-state index is -0.418. The molecule has 1 unspecified atom stereocenters. The molecule has 1 aromatic carbocycles. The molecule has 0 radical (unpaired) electrons. The van der Waals surface area contributed by atoms with Crippen LogP contribution in [0.25, 0.3) is 11.3 Å². The fourth-order valence-electron chi connectivity index (χ4n) is 3.32. The molecule has 3 heterocycles. The Labute approximate surface area is 175 Å². The third kappa shape index (κ3) is 4.48. The second kappa shape index (κ2) is 8.76. The lowest BCUT2D eigenvalue weighted by atomic mass is 10.1. The van der Waals surface area contributed by atoms with Crippen LogP contribution in [-0.4, -0.2) is 47.3 Å². The number of rotatable bonds is 3. The highest BCUT2D eigenvalue weighted by atomic mass is 16.5. The molecular weight excluding hydrogens is 378 g/mol. The monoisotopic (exact) mass is 399 g/mol. The highest BCUT2D eigenvalue weighted by Gasteiger charge is 2.23. The van der Waals surface area contributed by atoms with Crippen molar-refractivity contribution in [2.24, 2.45) is 0 Å². The standard InChI is InChI=1S/C24H21N3O3/c1-30-24(29)20-13-22(26-23(14-20)27-12-10-21(28)16-27)19-8-6-17(7-9-19)4-5-18-3-2-11-25-15-18/h2-3,6-9,11,13-15,21,28H,10,12,16H2,1H3. The van der Waals surface area contributed by atoms with Crippen LogP contribution in [0.5, 0.6) is 0 Å². The molecule has 0 saturated carbocycles. The van der Waals surface area contributed by atoms with Gasteiger partial charge in [0.1, 0.15) is 5.82 Å². The lowest BCUT2D eigenvalue weighted by Gasteiger charge is -2.18. The maximum Gasteiger partial charge on any atom is 0.338 e. The van der Waals surface area contributed by atoms with E-state index in [0.717, 1.165) is 16.7 Å². The molecular formula is C24H21N3O3. The number of carbonyl (C=O) groups is 1. The summed E-state index contributed by atoms with van der Waals surface area (Å²) in [5.41, 5.74) is 3.69. The van der Waals surface area contributed by atoms with E-state index in [1.165, 1.54) is 7.11 Å². The first-order valence-electron chi connectivity index (χ1n) is 9.68. The number of aliphatic hydroxyl groups is 1. The number of pyridine rings is 2. The zero-order valence-electron chi connectivity index (χ0n) is 16.6. The highest BCUT2D eigenvalue weighted by molar-refractivity contribution is 5.91. The second-order valence-electron chi connectivity index (χ2n) is 7.05.